The highest BCUT2D eigenvalue weighted by atomic mass is 16.4. The second kappa shape index (κ2) is 5.16. The van der Waals surface area contributed by atoms with Gasteiger partial charge in [0.1, 0.15) is 0 Å². The van der Waals surface area contributed by atoms with Crippen LogP contribution >= 0.6 is 0 Å². The van der Waals surface area contributed by atoms with Crippen molar-refractivity contribution in [1.29, 1.82) is 0 Å². The molecule has 0 aromatic carbocycles. The third-order valence-corrected chi connectivity index (χ3v) is 4.12. The molecule has 0 bridgehead atoms. The molecule has 0 aromatic heterocycles. The number of rotatable bonds is 3. The summed E-state index contributed by atoms with van der Waals surface area (Å²) in [6.07, 6.45) is 4.83. The summed E-state index contributed by atoms with van der Waals surface area (Å²) in [7, 11) is 0. The number of nitrogens with zero attached hydrogens (tertiary/aromatic N) is 1. The molecule has 2 amide bonds. The summed E-state index contributed by atoms with van der Waals surface area (Å²) >= 11 is 0. The molecule has 0 radical (unpaired) electrons. The Hall–Kier alpha value is -1.26. The topological polar surface area (TPSA) is 69.6 Å². The summed E-state index contributed by atoms with van der Waals surface area (Å²) in [4.78, 5) is 24.8. The summed E-state index contributed by atoms with van der Waals surface area (Å²) in [5.41, 5.74) is -0.483. The SMILES string of the molecule is CC1CCCN(C(=O)NC2(CC(=O)O)CCC2)C1. The zero-order valence-electron chi connectivity index (χ0n) is 10.9. The van der Waals surface area contributed by atoms with Crippen LogP contribution < -0.4 is 5.32 Å². The number of urea groups is 1. The van der Waals surface area contributed by atoms with Crippen molar-refractivity contribution < 1.29 is 14.7 Å². The third kappa shape index (κ3) is 2.94. The van der Waals surface area contributed by atoms with Crippen molar-refractivity contribution in [3.05, 3.63) is 0 Å². The van der Waals surface area contributed by atoms with Gasteiger partial charge in [-0.05, 0) is 38.0 Å². The van der Waals surface area contributed by atoms with Crippen LogP contribution in [-0.2, 0) is 4.79 Å². The smallest absolute Gasteiger partial charge is 0.317 e. The molecule has 1 aliphatic carbocycles. The zero-order valence-corrected chi connectivity index (χ0v) is 10.9. The molecule has 1 aliphatic heterocycles. The highest BCUT2D eigenvalue weighted by Gasteiger charge is 2.41. The molecule has 102 valence electrons. The number of nitrogens with one attached hydrogen (secondary N) is 1. The first-order valence-corrected chi connectivity index (χ1v) is 6.80. The maximum Gasteiger partial charge on any atom is 0.317 e. The van der Waals surface area contributed by atoms with Crippen molar-refractivity contribution in [1.82, 2.24) is 10.2 Å². The second-order valence-corrected chi connectivity index (χ2v) is 5.83. The van der Waals surface area contributed by atoms with Gasteiger partial charge in [-0.25, -0.2) is 4.79 Å². The van der Waals surface area contributed by atoms with Crippen LogP contribution in [0.5, 0.6) is 0 Å². The van der Waals surface area contributed by atoms with Gasteiger partial charge in [0, 0.05) is 13.1 Å². The van der Waals surface area contributed by atoms with Crippen LogP contribution in [0.15, 0.2) is 0 Å². The van der Waals surface area contributed by atoms with Crippen molar-refractivity contribution in [2.24, 2.45) is 5.92 Å². The zero-order chi connectivity index (χ0) is 13.2. The number of carbonyl (C=O) groups is 2. The molecular formula is C13H22N2O3. The van der Waals surface area contributed by atoms with Gasteiger partial charge in [-0.3, -0.25) is 4.79 Å². The molecule has 2 rings (SSSR count). The summed E-state index contributed by atoms with van der Waals surface area (Å²) in [6, 6.07) is -0.0810. The van der Waals surface area contributed by atoms with Crippen LogP contribution in [0.25, 0.3) is 0 Å². The number of carboxylic acids is 1. The Morgan fingerprint density at radius 3 is 2.61 bits per heavy atom. The molecule has 2 fully saturated rings. The van der Waals surface area contributed by atoms with Crippen molar-refractivity contribution in [2.45, 2.75) is 51.0 Å². The predicted octanol–water partition coefficient (Wildman–Crippen LogP) is 1.83. The summed E-state index contributed by atoms with van der Waals surface area (Å²) in [5.74, 6) is -0.289. The monoisotopic (exact) mass is 254 g/mol. The van der Waals surface area contributed by atoms with Gasteiger partial charge >= 0.3 is 12.0 Å². The van der Waals surface area contributed by atoms with E-state index in [0.717, 1.165) is 38.8 Å². The molecular weight excluding hydrogens is 232 g/mol. The van der Waals surface area contributed by atoms with E-state index in [0.29, 0.717) is 5.92 Å². The Morgan fingerprint density at radius 1 is 1.39 bits per heavy atom. The van der Waals surface area contributed by atoms with Crippen LogP contribution in [0.3, 0.4) is 0 Å². The lowest BCUT2D eigenvalue weighted by molar-refractivity contribution is -0.139. The minimum atomic E-state index is -0.831. The highest BCUT2D eigenvalue weighted by Crippen LogP contribution is 2.35. The number of hydrogen-bond acceptors (Lipinski definition) is 2. The van der Waals surface area contributed by atoms with Crippen LogP contribution in [-0.4, -0.2) is 40.6 Å². The number of hydrogen-bond donors (Lipinski definition) is 2. The Balaban J connectivity index is 1.91. The maximum absolute atomic E-state index is 12.2. The van der Waals surface area contributed by atoms with Crippen LogP contribution in [0, 0.1) is 5.92 Å². The van der Waals surface area contributed by atoms with E-state index < -0.39 is 11.5 Å². The Labute approximate surface area is 108 Å². The van der Waals surface area contributed by atoms with Crippen LogP contribution in [0.1, 0.15) is 45.4 Å². The summed E-state index contributed by atoms with van der Waals surface area (Å²) < 4.78 is 0. The molecule has 1 saturated heterocycles. The van der Waals surface area contributed by atoms with Gasteiger partial charge in [0.25, 0.3) is 0 Å². The fourth-order valence-electron chi connectivity index (χ4n) is 2.92. The first kappa shape index (κ1) is 13.2. The van der Waals surface area contributed by atoms with E-state index in [-0.39, 0.29) is 12.5 Å². The van der Waals surface area contributed by atoms with Crippen molar-refractivity contribution in [3.63, 3.8) is 0 Å². The fourth-order valence-corrected chi connectivity index (χ4v) is 2.92. The Kier molecular flexibility index (Phi) is 3.78. The molecule has 1 unspecified atom stereocenters. The second-order valence-electron chi connectivity index (χ2n) is 5.83. The lowest BCUT2D eigenvalue weighted by atomic mass is 9.74. The molecule has 18 heavy (non-hydrogen) atoms. The first-order chi connectivity index (χ1) is 8.51. The normalized spacial score (nSPS) is 26.3. The number of piperidine rings is 1. The van der Waals surface area contributed by atoms with Gasteiger partial charge in [0.15, 0.2) is 0 Å². The molecule has 2 aliphatic rings. The molecule has 1 saturated carbocycles. The quantitative estimate of drug-likeness (QED) is 0.807. The molecule has 1 atom stereocenters. The Morgan fingerprint density at radius 2 is 2.11 bits per heavy atom. The third-order valence-electron chi connectivity index (χ3n) is 4.12. The van der Waals surface area contributed by atoms with E-state index in [1.165, 1.54) is 6.42 Å². The summed E-state index contributed by atoms with van der Waals surface area (Å²) in [5, 5.41) is 11.9. The minimum Gasteiger partial charge on any atom is -0.481 e. The van der Waals surface area contributed by atoms with Crippen LogP contribution in [0.2, 0.25) is 0 Å². The average molecular weight is 254 g/mol. The van der Waals surface area contributed by atoms with Gasteiger partial charge in [-0.1, -0.05) is 6.92 Å². The van der Waals surface area contributed by atoms with E-state index in [2.05, 4.69) is 12.2 Å². The first-order valence-electron chi connectivity index (χ1n) is 6.80. The summed E-state index contributed by atoms with van der Waals surface area (Å²) in [6.45, 7) is 3.73. The van der Waals surface area contributed by atoms with E-state index in [4.69, 9.17) is 5.11 Å². The van der Waals surface area contributed by atoms with E-state index >= 15 is 0 Å². The average Bonchev–Trinajstić information content (AvgIpc) is 2.25. The molecule has 0 spiro atoms. The maximum atomic E-state index is 12.2. The number of carboxylic acid groups (broad SMARTS) is 1. The standard InChI is InChI=1S/C13H22N2O3/c1-10-4-2-7-15(9-10)12(18)14-13(5-3-6-13)8-11(16)17/h10H,2-9H2,1H3,(H,14,18)(H,16,17). The highest BCUT2D eigenvalue weighted by molar-refractivity contribution is 5.77. The molecule has 0 aromatic rings. The van der Waals surface area contributed by atoms with Gasteiger partial charge in [-0.15, -0.1) is 0 Å². The number of amides is 2. The van der Waals surface area contributed by atoms with E-state index in [1.54, 1.807) is 0 Å². The predicted molar refractivity (Wildman–Crippen MR) is 67.3 cm³/mol. The molecule has 5 nitrogen and oxygen atoms in total. The van der Waals surface area contributed by atoms with Gasteiger partial charge < -0.3 is 15.3 Å². The minimum absolute atomic E-state index is 0.0438. The molecule has 1 heterocycles. The van der Waals surface area contributed by atoms with E-state index in [1.807, 2.05) is 4.90 Å². The van der Waals surface area contributed by atoms with Crippen molar-refractivity contribution >= 4 is 12.0 Å². The number of carbonyl (C=O) groups excluding carboxylic acids is 1. The lowest BCUT2D eigenvalue weighted by Gasteiger charge is -2.43. The van der Waals surface area contributed by atoms with Crippen molar-refractivity contribution in [2.75, 3.05) is 13.1 Å². The van der Waals surface area contributed by atoms with Gasteiger partial charge in [-0.2, -0.15) is 0 Å². The fraction of sp³-hybridized carbons (Fsp3) is 0.846. The number of likely N-dealkylation sites (tertiary alicyclic amines) is 1. The molecule has 2 N–H and O–H groups in total. The number of aliphatic carboxylic acids is 1. The molecule has 5 heteroatoms. The largest absolute Gasteiger partial charge is 0.481 e. The van der Waals surface area contributed by atoms with E-state index in [9.17, 15) is 9.59 Å². The Bertz CT molecular complexity index is 339. The lowest BCUT2D eigenvalue weighted by Crippen LogP contribution is -2.59. The van der Waals surface area contributed by atoms with Crippen molar-refractivity contribution in [3.8, 4) is 0 Å². The van der Waals surface area contributed by atoms with Crippen LogP contribution in [0.4, 0.5) is 4.79 Å². The van der Waals surface area contributed by atoms with Gasteiger partial charge in [0.05, 0.1) is 12.0 Å². The van der Waals surface area contributed by atoms with Gasteiger partial charge in [0.2, 0.25) is 0 Å².